The van der Waals surface area contributed by atoms with E-state index in [4.69, 9.17) is 18.0 Å². The largest absolute Gasteiger partial charge is 0.388 e. The van der Waals surface area contributed by atoms with Crippen molar-refractivity contribution in [2.45, 2.75) is 26.7 Å². The molecular weight excluding hydrogens is 232 g/mol. The third kappa shape index (κ3) is 2.91. The van der Waals surface area contributed by atoms with Crippen molar-refractivity contribution in [1.82, 2.24) is 9.97 Å². The van der Waals surface area contributed by atoms with Crippen LogP contribution in [0.2, 0.25) is 0 Å². The standard InChI is InChI=1S/C12H18N4S/c1-12(2)5-3-7-16(8-12)11-14-6-4-9(15-11)10(13)17/h4,6H,3,5,7-8H2,1-2H3,(H2,13,17). The Kier molecular flexibility index (Phi) is 3.28. The molecule has 0 bridgehead atoms. The van der Waals surface area contributed by atoms with Gasteiger partial charge < -0.3 is 10.6 Å². The molecule has 2 rings (SSSR count). The van der Waals surface area contributed by atoms with Crippen LogP contribution >= 0.6 is 12.2 Å². The number of hydrogen-bond acceptors (Lipinski definition) is 4. The maximum absolute atomic E-state index is 5.59. The predicted molar refractivity (Wildman–Crippen MR) is 73.1 cm³/mol. The molecule has 1 aliphatic rings. The van der Waals surface area contributed by atoms with Crippen LogP contribution < -0.4 is 10.6 Å². The molecule has 17 heavy (non-hydrogen) atoms. The molecule has 0 saturated carbocycles. The van der Waals surface area contributed by atoms with Gasteiger partial charge in [-0.05, 0) is 24.3 Å². The van der Waals surface area contributed by atoms with E-state index in [0.717, 1.165) is 19.0 Å². The quantitative estimate of drug-likeness (QED) is 0.810. The minimum atomic E-state index is 0.320. The van der Waals surface area contributed by atoms with Crippen LogP contribution in [0.25, 0.3) is 0 Å². The van der Waals surface area contributed by atoms with Crippen LogP contribution in [0.4, 0.5) is 5.95 Å². The molecule has 2 N–H and O–H groups in total. The summed E-state index contributed by atoms with van der Waals surface area (Å²) in [7, 11) is 0. The summed E-state index contributed by atoms with van der Waals surface area (Å²) in [6.07, 6.45) is 4.14. The molecule has 4 nitrogen and oxygen atoms in total. The Morgan fingerprint density at radius 1 is 1.53 bits per heavy atom. The van der Waals surface area contributed by atoms with Crippen molar-refractivity contribution in [2.24, 2.45) is 11.1 Å². The molecule has 0 aromatic carbocycles. The molecule has 1 aromatic heterocycles. The maximum Gasteiger partial charge on any atom is 0.225 e. The van der Waals surface area contributed by atoms with Crippen LogP contribution in [0, 0.1) is 5.41 Å². The van der Waals surface area contributed by atoms with Crippen molar-refractivity contribution in [3.8, 4) is 0 Å². The van der Waals surface area contributed by atoms with Gasteiger partial charge in [0.15, 0.2) is 0 Å². The molecule has 0 unspecified atom stereocenters. The summed E-state index contributed by atoms with van der Waals surface area (Å²) in [5.74, 6) is 0.739. The van der Waals surface area contributed by atoms with E-state index < -0.39 is 0 Å². The van der Waals surface area contributed by atoms with E-state index in [0.29, 0.717) is 16.1 Å². The van der Waals surface area contributed by atoms with Crippen LogP contribution in [0.15, 0.2) is 12.3 Å². The molecule has 0 aliphatic carbocycles. The first kappa shape index (κ1) is 12.2. The van der Waals surface area contributed by atoms with E-state index in [1.165, 1.54) is 12.8 Å². The van der Waals surface area contributed by atoms with Gasteiger partial charge >= 0.3 is 0 Å². The average molecular weight is 250 g/mol. The van der Waals surface area contributed by atoms with Gasteiger partial charge in [-0.2, -0.15) is 0 Å². The molecule has 0 amide bonds. The minimum Gasteiger partial charge on any atom is -0.388 e. The second kappa shape index (κ2) is 4.56. The molecule has 1 aliphatic heterocycles. The lowest BCUT2D eigenvalue weighted by Crippen LogP contribution is -2.41. The lowest BCUT2D eigenvalue weighted by atomic mass is 9.84. The highest BCUT2D eigenvalue weighted by atomic mass is 32.1. The van der Waals surface area contributed by atoms with Crippen molar-refractivity contribution in [3.05, 3.63) is 18.0 Å². The highest BCUT2D eigenvalue weighted by Gasteiger charge is 2.27. The Morgan fingerprint density at radius 3 is 2.94 bits per heavy atom. The number of anilines is 1. The third-order valence-corrected chi connectivity index (χ3v) is 3.29. The van der Waals surface area contributed by atoms with Gasteiger partial charge in [-0.25, -0.2) is 9.97 Å². The summed E-state index contributed by atoms with van der Waals surface area (Å²) in [4.78, 5) is 11.3. The summed E-state index contributed by atoms with van der Waals surface area (Å²) in [6, 6.07) is 1.75. The van der Waals surface area contributed by atoms with E-state index in [2.05, 4.69) is 28.7 Å². The monoisotopic (exact) mass is 250 g/mol. The van der Waals surface area contributed by atoms with Gasteiger partial charge in [0.1, 0.15) is 10.7 Å². The number of piperidine rings is 1. The molecular formula is C12H18N4S. The van der Waals surface area contributed by atoms with Crippen molar-refractivity contribution < 1.29 is 0 Å². The molecule has 1 saturated heterocycles. The Balaban J connectivity index is 2.22. The molecule has 0 spiro atoms. The number of thiocarbonyl (C=S) groups is 1. The number of aromatic nitrogens is 2. The predicted octanol–water partition coefficient (Wildman–Crippen LogP) is 1.74. The van der Waals surface area contributed by atoms with Gasteiger partial charge in [0, 0.05) is 19.3 Å². The van der Waals surface area contributed by atoms with E-state index in [9.17, 15) is 0 Å². The van der Waals surface area contributed by atoms with Crippen LogP contribution in [0.1, 0.15) is 32.4 Å². The lowest BCUT2D eigenvalue weighted by molar-refractivity contribution is 0.291. The first-order chi connectivity index (χ1) is 7.98. The summed E-state index contributed by atoms with van der Waals surface area (Å²) >= 11 is 4.94. The zero-order valence-corrected chi connectivity index (χ0v) is 11.1. The van der Waals surface area contributed by atoms with E-state index >= 15 is 0 Å². The fourth-order valence-electron chi connectivity index (χ4n) is 2.23. The van der Waals surface area contributed by atoms with E-state index in [1.807, 2.05) is 0 Å². The highest BCUT2D eigenvalue weighted by Crippen LogP contribution is 2.29. The SMILES string of the molecule is CC1(C)CCCN(c2nccc(C(N)=S)n2)C1. The van der Waals surface area contributed by atoms with Crippen molar-refractivity contribution in [1.29, 1.82) is 0 Å². The molecule has 0 atom stereocenters. The maximum atomic E-state index is 5.59. The second-order valence-electron chi connectivity index (χ2n) is 5.30. The zero-order chi connectivity index (χ0) is 12.5. The first-order valence-electron chi connectivity index (χ1n) is 5.86. The number of rotatable bonds is 2. The van der Waals surface area contributed by atoms with Gasteiger partial charge in [-0.15, -0.1) is 0 Å². The van der Waals surface area contributed by atoms with Crippen molar-refractivity contribution >= 4 is 23.2 Å². The highest BCUT2D eigenvalue weighted by molar-refractivity contribution is 7.80. The lowest BCUT2D eigenvalue weighted by Gasteiger charge is -2.38. The topological polar surface area (TPSA) is 55.0 Å². The molecule has 0 radical (unpaired) electrons. The van der Waals surface area contributed by atoms with E-state index in [1.54, 1.807) is 12.3 Å². The Labute approximate surface area is 107 Å². The minimum absolute atomic E-state index is 0.320. The Morgan fingerprint density at radius 2 is 2.29 bits per heavy atom. The smallest absolute Gasteiger partial charge is 0.225 e. The Hall–Kier alpha value is -1.23. The van der Waals surface area contributed by atoms with Gasteiger partial charge in [0.2, 0.25) is 5.95 Å². The summed E-state index contributed by atoms with van der Waals surface area (Å²) in [6.45, 7) is 6.53. The third-order valence-electron chi connectivity index (χ3n) is 3.08. The zero-order valence-electron chi connectivity index (χ0n) is 10.3. The molecule has 1 fully saturated rings. The summed E-state index contributed by atoms with van der Waals surface area (Å²) < 4.78 is 0. The average Bonchev–Trinajstić information content (AvgIpc) is 2.28. The normalized spacial score (nSPS) is 19.1. The van der Waals surface area contributed by atoms with Gasteiger partial charge in [0.05, 0.1) is 0 Å². The summed E-state index contributed by atoms with van der Waals surface area (Å²) in [5, 5.41) is 0. The Bertz CT molecular complexity index is 430. The molecule has 5 heteroatoms. The molecule has 2 heterocycles. The summed E-state index contributed by atoms with van der Waals surface area (Å²) in [5.41, 5.74) is 6.56. The van der Waals surface area contributed by atoms with Crippen LogP contribution in [0.3, 0.4) is 0 Å². The molecule has 1 aromatic rings. The fraction of sp³-hybridized carbons (Fsp3) is 0.583. The second-order valence-corrected chi connectivity index (χ2v) is 5.74. The van der Waals surface area contributed by atoms with Gasteiger partial charge in [0.25, 0.3) is 0 Å². The first-order valence-corrected chi connectivity index (χ1v) is 6.27. The van der Waals surface area contributed by atoms with E-state index in [-0.39, 0.29) is 0 Å². The number of hydrogen-bond donors (Lipinski definition) is 1. The van der Waals surface area contributed by atoms with Gasteiger partial charge in [-0.1, -0.05) is 26.1 Å². The van der Waals surface area contributed by atoms with Crippen LogP contribution in [-0.4, -0.2) is 28.0 Å². The fourth-order valence-corrected chi connectivity index (χ4v) is 2.35. The van der Waals surface area contributed by atoms with Crippen molar-refractivity contribution in [2.75, 3.05) is 18.0 Å². The van der Waals surface area contributed by atoms with Crippen LogP contribution in [-0.2, 0) is 0 Å². The van der Waals surface area contributed by atoms with Crippen molar-refractivity contribution in [3.63, 3.8) is 0 Å². The van der Waals surface area contributed by atoms with Crippen LogP contribution in [0.5, 0.6) is 0 Å². The number of nitrogens with zero attached hydrogens (tertiary/aromatic N) is 3. The molecule has 92 valence electrons. The number of nitrogens with two attached hydrogens (primary N) is 1. The van der Waals surface area contributed by atoms with Gasteiger partial charge in [-0.3, -0.25) is 0 Å².